The molecule has 0 heterocycles. The van der Waals surface area contributed by atoms with Crippen molar-refractivity contribution in [1.82, 2.24) is 0 Å². The van der Waals surface area contributed by atoms with E-state index in [-0.39, 0.29) is 17.8 Å². The van der Waals surface area contributed by atoms with Crippen LogP contribution in [0.2, 0.25) is 0 Å². The van der Waals surface area contributed by atoms with Gasteiger partial charge in [-0.3, -0.25) is 0 Å². The second kappa shape index (κ2) is 4.63. The topological polar surface area (TPSA) is 20.2 Å². The molecule has 1 unspecified atom stereocenters. The zero-order valence-electron chi connectivity index (χ0n) is 10.7. The summed E-state index contributed by atoms with van der Waals surface area (Å²) in [6, 6.07) is 7.54. The highest BCUT2D eigenvalue weighted by Gasteiger charge is 2.37. The Kier molecular flexibility index (Phi) is 3.05. The van der Waals surface area contributed by atoms with Crippen molar-refractivity contribution in [3.8, 4) is 0 Å². The van der Waals surface area contributed by atoms with Crippen LogP contribution in [0, 0.1) is 17.5 Å². The van der Waals surface area contributed by atoms with Gasteiger partial charge in [0.15, 0.2) is 0 Å². The number of hydrogen-bond acceptors (Lipinski definition) is 1. The zero-order chi connectivity index (χ0) is 14.3. The molecule has 1 N–H and O–H groups in total. The van der Waals surface area contributed by atoms with Gasteiger partial charge in [-0.15, -0.1) is 0 Å². The standard InChI is InChI=1S/C16H13F3O/c17-12-3-4-14-10(7-12)5-6-16(14,20)9-11-1-2-13(18)8-15(11)19/h1-4,7-8,20H,5-6,9H2. The first-order valence-electron chi connectivity index (χ1n) is 6.43. The van der Waals surface area contributed by atoms with Gasteiger partial charge in [-0.25, -0.2) is 13.2 Å². The van der Waals surface area contributed by atoms with E-state index in [1.54, 1.807) is 6.07 Å². The quantitative estimate of drug-likeness (QED) is 0.891. The van der Waals surface area contributed by atoms with E-state index >= 15 is 0 Å². The largest absolute Gasteiger partial charge is 0.385 e. The lowest BCUT2D eigenvalue weighted by Crippen LogP contribution is -2.26. The van der Waals surface area contributed by atoms with E-state index in [0.29, 0.717) is 18.4 Å². The number of benzene rings is 2. The predicted octanol–water partition coefficient (Wildman–Crippen LogP) is 3.48. The average Bonchev–Trinajstić information content (AvgIpc) is 2.70. The first-order chi connectivity index (χ1) is 9.48. The lowest BCUT2D eigenvalue weighted by atomic mass is 9.88. The lowest BCUT2D eigenvalue weighted by molar-refractivity contribution is 0.0380. The Morgan fingerprint density at radius 1 is 1.00 bits per heavy atom. The summed E-state index contributed by atoms with van der Waals surface area (Å²) in [7, 11) is 0. The summed E-state index contributed by atoms with van der Waals surface area (Å²) in [5.41, 5.74) is 0.408. The molecule has 0 amide bonds. The number of rotatable bonds is 2. The number of halogens is 3. The van der Waals surface area contributed by atoms with Crippen LogP contribution in [0.25, 0.3) is 0 Å². The molecule has 0 fully saturated rings. The van der Waals surface area contributed by atoms with Gasteiger partial charge in [0.1, 0.15) is 17.5 Å². The van der Waals surface area contributed by atoms with E-state index in [4.69, 9.17) is 0 Å². The van der Waals surface area contributed by atoms with Crippen LogP contribution in [0.3, 0.4) is 0 Å². The van der Waals surface area contributed by atoms with Gasteiger partial charge in [0.2, 0.25) is 0 Å². The molecule has 3 rings (SSSR count). The number of fused-ring (bicyclic) bond motifs is 1. The second-order valence-corrected chi connectivity index (χ2v) is 5.25. The zero-order valence-corrected chi connectivity index (χ0v) is 10.7. The van der Waals surface area contributed by atoms with Crippen molar-refractivity contribution in [2.75, 3.05) is 0 Å². The Labute approximate surface area is 114 Å². The highest BCUT2D eigenvalue weighted by atomic mass is 19.1. The molecular formula is C16H13F3O. The summed E-state index contributed by atoms with van der Waals surface area (Å²) in [4.78, 5) is 0. The lowest BCUT2D eigenvalue weighted by Gasteiger charge is -2.24. The molecule has 0 saturated carbocycles. The molecule has 20 heavy (non-hydrogen) atoms. The molecule has 1 aliphatic carbocycles. The van der Waals surface area contributed by atoms with E-state index in [1.807, 2.05) is 0 Å². The van der Waals surface area contributed by atoms with Crippen molar-refractivity contribution in [3.63, 3.8) is 0 Å². The Hall–Kier alpha value is -1.81. The summed E-state index contributed by atoms with van der Waals surface area (Å²) >= 11 is 0. The van der Waals surface area contributed by atoms with Crippen molar-refractivity contribution in [2.45, 2.75) is 24.9 Å². The van der Waals surface area contributed by atoms with Crippen molar-refractivity contribution < 1.29 is 18.3 Å². The first-order valence-corrected chi connectivity index (χ1v) is 6.43. The van der Waals surface area contributed by atoms with Crippen molar-refractivity contribution in [2.24, 2.45) is 0 Å². The summed E-state index contributed by atoms with van der Waals surface area (Å²) < 4.78 is 39.8. The third-order valence-corrected chi connectivity index (χ3v) is 3.87. The maximum Gasteiger partial charge on any atom is 0.129 e. The second-order valence-electron chi connectivity index (χ2n) is 5.25. The van der Waals surface area contributed by atoms with Crippen LogP contribution in [0.4, 0.5) is 13.2 Å². The van der Waals surface area contributed by atoms with E-state index in [9.17, 15) is 18.3 Å². The van der Waals surface area contributed by atoms with Crippen LogP contribution in [0.1, 0.15) is 23.1 Å². The molecule has 0 spiro atoms. The Bertz CT molecular complexity index is 669. The summed E-state index contributed by atoms with van der Waals surface area (Å²) in [6.45, 7) is 0. The number of aliphatic hydroxyl groups is 1. The Balaban J connectivity index is 1.96. The third-order valence-electron chi connectivity index (χ3n) is 3.87. The van der Waals surface area contributed by atoms with Gasteiger partial charge < -0.3 is 5.11 Å². The molecule has 0 bridgehead atoms. The van der Waals surface area contributed by atoms with Crippen LogP contribution in [0.5, 0.6) is 0 Å². The Morgan fingerprint density at radius 3 is 2.45 bits per heavy atom. The SMILES string of the molecule is OC1(Cc2ccc(F)cc2F)CCc2cc(F)ccc21. The van der Waals surface area contributed by atoms with Crippen LogP contribution in [-0.4, -0.2) is 5.11 Å². The normalized spacial score (nSPS) is 21.0. The van der Waals surface area contributed by atoms with Gasteiger partial charge in [0.05, 0.1) is 5.60 Å². The van der Waals surface area contributed by atoms with E-state index in [2.05, 4.69) is 0 Å². The van der Waals surface area contributed by atoms with Crippen molar-refractivity contribution in [1.29, 1.82) is 0 Å². The molecule has 0 radical (unpaired) electrons. The first kappa shape index (κ1) is 13.2. The molecule has 4 heteroatoms. The molecule has 1 aliphatic rings. The minimum Gasteiger partial charge on any atom is -0.385 e. The molecular weight excluding hydrogens is 265 g/mol. The summed E-state index contributed by atoms with van der Waals surface area (Å²) in [5.74, 6) is -1.66. The summed E-state index contributed by atoms with van der Waals surface area (Å²) in [5, 5.41) is 10.7. The fraction of sp³-hybridized carbons (Fsp3) is 0.250. The van der Waals surface area contributed by atoms with Gasteiger partial charge in [-0.1, -0.05) is 12.1 Å². The molecule has 0 saturated heterocycles. The minimum atomic E-state index is -1.22. The number of hydrogen-bond donors (Lipinski definition) is 1. The molecule has 0 aromatic heterocycles. The molecule has 104 valence electrons. The fourth-order valence-electron chi connectivity index (χ4n) is 2.86. The molecule has 2 aromatic rings. The van der Waals surface area contributed by atoms with Crippen molar-refractivity contribution in [3.05, 3.63) is 70.5 Å². The van der Waals surface area contributed by atoms with Gasteiger partial charge in [-0.05, 0) is 47.7 Å². The van der Waals surface area contributed by atoms with Gasteiger partial charge >= 0.3 is 0 Å². The average molecular weight is 278 g/mol. The van der Waals surface area contributed by atoms with E-state index in [0.717, 1.165) is 11.6 Å². The van der Waals surface area contributed by atoms with Gasteiger partial charge in [-0.2, -0.15) is 0 Å². The highest BCUT2D eigenvalue weighted by Crippen LogP contribution is 2.40. The van der Waals surface area contributed by atoms with Crippen molar-refractivity contribution >= 4 is 0 Å². The van der Waals surface area contributed by atoms with Gasteiger partial charge in [0, 0.05) is 12.5 Å². The molecule has 0 aliphatic heterocycles. The highest BCUT2D eigenvalue weighted by molar-refractivity contribution is 5.39. The smallest absolute Gasteiger partial charge is 0.129 e. The maximum atomic E-state index is 13.7. The predicted molar refractivity (Wildman–Crippen MR) is 68.7 cm³/mol. The minimum absolute atomic E-state index is 0.0533. The third kappa shape index (κ3) is 2.20. The number of aryl methyl sites for hydroxylation is 1. The van der Waals surface area contributed by atoms with E-state index in [1.165, 1.54) is 24.3 Å². The molecule has 1 atom stereocenters. The van der Waals surface area contributed by atoms with Crippen LogP contribution in [-0.2, 0) is 18.4 Å². The molecule has 2 aromatic carbocycles. The van der Waals surface area contributed by atoms with Crippen LogP contribution < -0.4 is 0 Å². The monoisotopic (exact) mass is 278 g/mol. The van der Waals surface area contributed by atoms with Crippen LogP contribution >= 0.6 is 0 Å². The summed E-state index contributed by atoms with van der Waals surface area (Å²) in [6.07, 6.45) is 1.01. The van der Waals surface area contributed by atoms with Gasteiger partial charge in [0.25, 0.3) is 0 Å². The maximum absolute atomic E-state index is 13.7. The van der Waals surface area contributed by atoms with Crippen LogP contribution in [0.15, 0.2) is 36.4 Å². The molecule has 1 nitrogen and oxygen atoms in total. The Morgan fingerprint density at radius 2 is 1.70 bits per heavy atom. The van der Waals surface area contributed by atoms with E-state index < -0.39 is 17.2 Å². The fourth-order valence-corrected chi connectivity index (χ4v) is 2.86.